The molecule has 0 N–H and O–H groups in total. The van der Waals surface area contributed by atoms with Gasteiger partial charge < -0.3 is 4.74 Å². The Balaban J connectivity index is 1.60. The number of likely N-dealkylation sites (N-methyl/N-ethyl adjacent to an activating group) is 1. The summed E-state index contributed by atoms with van der Waals surface area (Å²) >= 11 is 0. The van der Waals surface area contributed by atoms with E-state index in [9.17, 15) is 14.4 Å². The van der Waals surface area contributed by atoms with Crippen LogP contribution in [-0.4, -0.2) is 89.3 Å². The molecular weight excluding hydrogens is 388 g/mol. The molecule has 10 nitrogen and oxygen atoms in total. The lowest BCUT2D eigenvalue weighted by Gasteiger charge is -2.32. The molecule has 0 saturated carbocycles. The molecule has 1 aromatic heterocycles. The maximum Gasteiger partial charge on any atom is 0.402 e. The molecule has 1 aromatic rings. The number of Topliss-reactive ketones (excluding diaryl/α,β-unsaturated/α-hetero) is 1. The number of carbonyl (C=O) groups excluding carboxylic acids is 3. The number of ketones is 1. The number of hydrogen-bond acceptors (Lipinski definition) is 6. The molecule has 2 saturated heterocycles. The number of nitrogens with zero attached hydrogens (tertiary/aromatic N) is 6. The minimum absolute atomic E-state index is 0.222. The summed E-state index contributed by atoms with van der Waals surface area (Å²) in [5.41, 5.74) is 2.00. The summed E-state index contributed by atoms with van der Waals surface area (Å²) < 4.78 is 9.43. The molecular formula is C20H29N6O4+. The topological polar surface area (TPSA) is 91.3 Å². The minimum atomic E-state index is -0.707. The van der Waals surface area contributed by atoms with Crippen LogP contribution in [0.4, 0.5) is 10.7 Å². The molecule has 1 unspecified atom stereocenters. The van der Waals surface area contributed by atoms with Crippen molar-refractivity contribution in [3.63, 3.8) is 0 Å². The highest BCUT2D eigenvalue weighted by atomic mass is 16.5. The Kier molecular flexibility index (Phi) is 5.46. The number of imidazole rings is 1. The summed E-state index contributed by atoms with van der Waals surface area (Å²) in [6, 6.07) is -1.22. The number of imide groups is 1. The zero-order valence-electron chi connectivity index (χ0n) is 18.1. The Morgan fingerprint density at radius 1 is 1.23 bits per heavy atom. The molecule has 3 aliphatic heterocycles. The number of rotatable bonds is 6. The van der Waals surface area contributed by atoms with Gasteiger partial charge in [-0.3, -0.25) is 24.3 Å². The van der Waals surface area contributed by atoms with Gasteiger partial charge in [-0.25, -0.2) is 13.9 Å². The van der Waals surface area contributed by atoms with Crippen LogP contribution in [0.25, 0.3) is 0 Å². The molecule has 3 amide bonds. The fourth-order valence-corrected chi connectivity index (χ4v) is 4.42. The van der Waals surface area contributed by atoms with E-state index in [0.29, 0.717) is 11.8 Å². The average molecular weight is 417 g/mol. The number of ether oxygens (including phenoxy) is 1. The predicted molar refractivity (Wildman–Crippen MR) is 108 cm³/mol. The van der Waals surface area contributed by atoms with E-state index < -0.39 is 18.0 Å². The fourth-order valence-electron chi connectivity index (χ4n) is 4.42. The van der Waals surface area contributed by atoms with Crippen LogP contribution in [0.3, 0.4) is 0 Å². The van der Waals surface area contributed by atoms with E-state index in [1.807, 2.05) is 18.4 Å². The minimum Gasteiger partial charge on any atom is -0.379 e. The predicted octanol–water partition coefficient (Wildman–Crippen LogP) is 0.182. The summed E-state index contributed by atoms with van der Waals surface area (Å²) in [5.74, 6) is 0.473. The molecule has 0 spiro atoms. The number of morpholine rings is 1. The SMILES string of the molecule is CC(=O)CN1C(=O)C2C(=Nc3n2c(C)c(C)[n+]3CCCN2CCOCC2)N(C)C1=O. The lowest BCUT2D eigenvalue weighted by atomic mass is 10.1. The molecule has 2 fully saturated rings. The molecule has 4 heterocycles. The molecule has 0 bridgehead atoms. The van der Waals surface area contributed by atoms with Crippen molar-refractivity contribution in [1.29, 1.82) is 0 Å². The Morgan fingerprint density at radius 2 is 1.93 bits per heavy atom. The van der Waals surface area contributed by atoms with E-state index in [2.05, 4.69) is 9.47 Å². The first kappa shape index (κ1) is 20.7. The van der Waals surface area contributed by atoms with Gasteiger partial charge in [-0.1, -0.05) is 4.99 Å². The zero-order valence-corrected chi connectivity index (χ0v) is 18.1. The number of fused-ring (bicyclic) bond motifs is 3. The zero-order chi connectivity index (χ0) is 21.6. The van der Waals surface area contributed by atoms with Crippen LogP contribution >= 0.6 is 0 Å². The quantitative estimate of drug-likeness (QED) is 0.616. The Labute approximate surface area is 175 Å². The van der Waals surface area contributed by atoms with E-state index in [1.165, 1.54) is 11.8 Å². The van der Waals surface area contributed by atoms with Crippen molar-refractivity contribution in [2.45, 2.75) is 39.8 Å². The normalized spacial score (nSPS) is 21.7. The van der Waals surface area contributed by atoms with E-state index >= 15 is 0 Å². The Morgan fingerprint density at radius 3 is 2.60 bits per heavy atom. The number of aliphatic imine (C=N–C) groups is 1. The first-order valence-corrected chi connectivity index (χ1v) is 10.4. The lowest BCUT2D eigenvalue weighted by Crippen LogP contribution is -2.58. The van der Waals surface area contributed by atoms with Crippen LogP contribution < -0.4 is 4.57 Å². The second-order valence-electron chi connectivity index (χ2n) is 8.14. The summed E-state index contributed by atoms with van der Waals surface area (Å²) in [4.78, 5) is 46.9. The third-order valence-electron chi connectivity index (χ3n) is 6.17. The van der Waals surface area contributed by atoms with Gasteiger partial charge in [0.15, 0.2) is 0 Å². The Hall–Kier alpha value is -2.59. The van der Waals surface area contributed by atoms with Gasteiger partial charge >= 0.3 is 12.0 Å². The highest BCUT2D eigenvalue weighted by Gasteiger charge is 2.54. The summed E-state index contributed by atoms with van der Waals surface area (Å²) in [7, 11) is 1.60. The number of urea groups is 1. The first-order chi connectivity index (χ1) is 14.3. The van der Waals surface area contributed by atoms with Crippen molar-refractivity contribution in [3.8, 4) is 0 Å². The second-order valence-corrected chi connectivity index (χ2v) is 8.14. The second kappa shape index (κ2) is 7.92. The van der Waals surface area contributed by atoms with Crippen LogP contribution in [0.5, 0.6) is 0 Å². The third kappa shape index (κ3) is 3.33. The number of amidine groups is 1. The highest BCUT2D eigenvalue weighted by molar-refractivity contribution is 6.21. The standard InChI is InChI=1S/C20H29N6O4/c1-13(27)12-25-18(28)16-17(22(4)20(25)29)21-19-24(14(2)15(3)26(16)19)7-5-6-23-8-10-30-11-9-23/h16H,5-12H2,1-4H3/q+1. The van der Waals surface area contributed by atoms with Gasteiger partial charge in [0.05, 0.1) is 26.3 Å². The third-order valence-corrected chi connectivity index (χ3v) is 6.17. The van der Waals surface area contributed by atoms with Crippen LogP contribution in [-0.2, 0) is 20.9 Å². The summed E-state index contributed by atoms with van der Waals surface area (Å²) in [6.07, 6.45) is 0.955. The van der Waals surface area contributed by atoms with Gasteiger partial charge in [-0.05, 0) is 27.2 Å². The van der Waals surface area contributed by atoms with Crippen LogP contribution in [0.15, 0.2) is 4.99 Å². The van der Waals surface area contributed by atoms with Crippen molar-refractivity contribution in [2.75, 3.05) is 46.4 Å². The van der Waals surface area contributed by atoms with Gasteiger partial charge in [0.2, 0.25) is 11.9 Å². The van der Waals surface area contributed by atoms with E-state index in [-0.39, 0.29) is 12.3 Å². The number of carbonyl (C=O) groups is 3. The Bertz CT molecular complexity index is 930. The largest absolute Gasteiger partial charge is 0.402 e. The van der Waals surface area contributed by atoms with E-state index in [0.717, 1.165) is 62.1 Å². The highest BCUT2D eigenvalue weighted by Crippen LogP contribution is 2.35. The van der Waals surface area contributed by atoms with Crippen molar-refractivity contribution in [2.24, 2.45) is 4.99 Å². The maximum absolute atomic E-state index is 13.2. The van der Waals surface area contributed by atoms with Crippen molar-refractivity contribution in [1.82, 2.24) is 19.3 Å². The molecule has 0 aliphatic carbocycles. The van der Waals surface area contributed by atoms with Gasteiger partial charge in [-0.2, -0.15) is 0 Å². The van der Waals surface area contributed by atoms with Crippen LogP contribution in [0, 0.1) is 13.8 Å². The summed E-state index contributed by atoms with van der Waals surface area (Å²) in [5, 5.41) is 0. The molecule has 0 radical (unpaired) electrons. The fraction of sp³-hybridized carbons (Fsp3) is 0.650. The molecule has 3 aliphatic rings. The maximum atomic E-state index is 13.2. The molecule has 162 valence electrons. The summed E-state index contributed by atoms with van der Waals surface area (Å²) in [6.45, 7) is 10.4. The molecule has 0 aromatic carbocycles. The smallest absolute Gasteiger partial charge is 0.379 e. The number of amides is 3. The lowest BCUT2D eigenvalue weighted by molar-refractivity contribution is -0.689. The molecule has 4 rings (SSSR count). The monoisotopic (exact) mass is 417 g/mol. The molecule has 30 heavy (non-hydrogen) atoms. The van der Waals surface area contributed by atoms with Crippen LogP contribution in [0.2, 0.25) is 0 Å². The average Bonchev–Trinajstić information content (AvgIpc) is 3.22. The number of hydrogen-bond donors (Lipinski definition) is 0. The van der Waals surface area contributed by atoms with Crippen molar-refractivity contribution < 1.29 is 23.7 Å². The first-order valence-electron chi connectivity index (χ1n) is 10.4. The van der Waals surface area contributed by atoms with Crippen molar-refractivity contribution >= 4 is 29.5 Å². The van der Waals surface area contributed by atoms with Gasteiger partial charge in [0.25, 0.3) is 5.91 Å². The molecule has 1 atom stereocenters. The van der Waals surface area contributed by atoms with E-state index in [1.54, 1.807) is 7.05 Å². The van der Waals surface area contributed by atoms with Gasteiger partial charge in [0, 0.05) is 26.7 Å². The van der Waals surface area contributed by atoms with Gasteiger partial charge in [-0.15, -0.1) is 0 Å². The molecule has 10 heteroatoms. The van der Waals surface area contributed by atoms with Crippen molar-refractivity contribution in [3.05, 3.63) is 11.4 Å². The van der Waals surface area contributed by atoms with Crippen LogP contribution in [0.1, 0.15) is 30.8 Å². The van der Waals surface area contributed by atoms with Gasteiger partial charge in [0.1, 0.15) is 17.2 Å². The van der Waals surface area contributed by atoms with E-state index in [4.69, 9.17) is 9.73 Å². The number of aromatic nitrogens is 2.